The maximum absolute atomic E-state index is 4.87. The van der Waals surface area contributed by atoms with Gasteiger partial charge < -0.3 is 9.88 Å². The molecule has 4 heteroatoms. The van der Waals surface area contributed by atoms with Gasteiger partial charge in [-0.15, -0.1) is 0 Å². The van der Waals surface area contributed by atoms with Crippen molar-refractivity contribution in [3.05, 3.63) is 67.0 Å². The van der Waals surface area contributed by atoms with Crippen LogP contribution in [0, 0.1) is 0 Å². The minimum absolute atomic E-state index is 0.475. The van der Waals surface area contributed by atoms with Crippen molar-refractivity contribution in [2.75, 3.05) is 18.8 Å². The van der Waals surface area contributed by atoms with Crippen molar-refractivity contribution < 1.29 is 0 Å². The Morgan fingerprint density at radius 2 is 1.79 bits per heavy atom. The minimum Gasteiger partial charge on any atom is -0.327 e. The SMILES string of the molecule is CCC(CCC1CNCCS1)n1cnc(-c2ccccc2)c1-c1ccccc1. The summed E-state index contributed by atoms with van der Waals surface area (Å²) in [7, 11) is 0. The van der Waals surface area contributed by atoms with Crippen molar-refractivity contribution in [3.63, 3.8) is 0 Å². The average Bonchev–Trinajstić information content (AvgIpc) is 3.21. The molecule has 0 bridgehead atoms. The third-order valence-corrected chi connectivity index (χ3v) is 6.89. The van der Waals surface area contributed by atoms with Gasteiger partial charge in [0.2, 0.25) is 0 Å². The highest BCUT2D eigenvalue weighted by molar-refractivity contribution is 8.00. The lowest BCUT2D eigenvalue weighted by atomic mass is 10.0. The van der Waals surface area contributed by atoms with E-state index in [0.29, 0.717) is 6.04 Å². The molecule has 4 rings (SSSR count). The van der Waals surface area contributed by atoms with E-state index in [-0.39, 0.29) is 0 Å². The molecule has 2 aromatic carbocycles. The normalized spacial score (nSPS) is 18.1. The zero-order chi connectivity index (χ0) is 19.2. The molecule has 0 radical (unpaired) electrons. The summed E-state index contributed by atoms with van der Waals surface area (Å²) in [6, 6.07) is 21.8. The Kier molecular flexibility index (Phi) is 6.50. The molecule has 2 atom stereocenters. The molecule has 3 nitrogen and oxygen atoms in total. The third kappa shape index (κ3) is 4.34. The first-order valence-electron chi connectivity index (χ1n) is 10.4. The summed E-state index contributed by atoms with van der Waals surface area (Å²) < 4.78 is 2.43. The fourth-order valence-corrected chi connectivity index (χ4v) is 5.18. The van der Waals surface area contributed by atoms with E-state index >= 15 is 0 Å². The van der Waals surface area contributed by atoms with Gasteiger partial charge in [-0.1, -0.05) is 67.6 Å². The number of hydrogen-bond acceptors (Lipinski definition) is 3. The first-order chi connectivity index (χ1) is 13.9. The van der Waals surface area contributed by atoms with Crippen LogP contribution in [0.1, 0.15) is 32.2 Å². The van der Waals surface area contributed by atoms with Crippen LogP contribution in [-0.4, -0.2) is 33.6 Å². The smallest absolute Gasteiger partial charge is 0.0963 e. The van der Waals surface area contributed by atoms with Gasteiger partial charge in [-0.25, -0.2) is 4.98 Å². The molecule has 146 valence electrons. The summed E-state index contributed by atoms with van der Waals surface area (Å²) in [4.78, 5) is 4.87. The van der Waals surface area contributed by atoms with Gasteiger partial charge in [-0.2, -0.15) is 11.8 Å². The average molecular weight is 392 g/mol. The van der Waals surface area contributed by atoms with E-state index in [4.69, 9.17) is 4.98 Å². The van der Waals surface area contributed by atoms with E-state index < -0.39 is 0 Å². The fraction of sp³-hybridized carbons (Fsp3) is 0.375. The molecule has 1 aliphatic rings. The van der Waals surface area contributed by atoms with E-state index in [0.717, 1.165) is 30.5 Å². The molecule has 0 spiro atoms. The first-order valence-corrected chi connectivity index (χ1v) is 11.4. The van der Waals surface area contributed by atoms with Crippen LogP contribution >= 0.6 is 11.8 Å². The van der Waals surface area contributed by atoms with Crippen molar-refractivity contribution in [2.24, 2.45) is 0 Å². The molecule has 0 aliphatic carbocycles. The standard InChI is InChI=1S/C24H29N3S/c1-2-21(13-14-22-17-25-15-16-28-22)27-18-26-23(19-9-5-3-6-10-19)24(27)20-11-7-4-8-12-20/h3-12,18,21-22,25H,2,13-17H2,1H3. The number of thioether (sulfide) groups is 1. The number of benzene rings is 2. The highest BCUT2D eigenvalue weighted by Crippen LogP contribution is 2.35. The molecule has 3 aromatic rings. The van der Waals surface area contributed by atoms with Crippen molar-refractivity contribution in [2.45, 2.75) is 37.5 Å². The van der Waals surface area contributed by atoms with Crippen LogP contribution in [0.4, 0.5) is 0 Å². The van der Waals surface area contributed by atoms with Gasteiger partial charge in [0.1, 0.15) is 0 Å². The molecule has 28 heavy (non-hydrogen) atoms. The molecule has 1 N–H and O–H groups in total. The number of nitrogens with one attached hydrogen (secondary N) is 1. The number of rotatable bonds is 7. The van der Waals surface area contributed by atoms with E-state index in [1.165, 1.54) is 35.4 Å². The van der Waals surface area contributed by atoms with Crippen molar-refractivity contribution in [1.29, 1.82) is 0 Å². The summed E-state index contributed by atoms with van der Waals surface area (Å²) in [6.07, 6.45) is 5.63. The molecule has 2 heterocycles. The second-order valence-corrected chi connectivity index (χ2v) is 8.83. The minimum atomic E-state index is 0.475. The Hall–Kier alpha value is -2.04. The van der Waals surface area contributed by atoms with Crippen LogP contribution in [0.2, 0.25) is 0 Å². The van der Waals surface area contributed by atoms with Gasteiger partial charge in [0.05, 0.1) is 17.7 Å². The Morgan fingerprint density at radius 1 is 1.07 bits per heavy atom. The van der Waals surface area contributed by atoms with Gasteiger partial charge >= 0.3 is 0 Å². The third-order valence-electron chi connectivity index (χ3n) is 5.58. The van der Waals surface area contributed by atoms with E-state index in [2.05, 4.69) is 95.6 Å². The lowest BCUT2D eigenvalue weighted by Crippen LogP contribution is -2.33. The zero-order valence-electron chi connectivity index (χ0n) is 16.6. The van der Waals surface area contributed by atoms with E-state index in [1.54, 1.807) is 0 Å². The summed E-state index contributed by atoms with van der Waals surface area (Å²) in [5.74, 6) is 1.24. The second-order valence-electron chi connectivity index (χ2n) is 7.42. The Labute approximate surface area is 172 Å². The fourth-order valence-electron chi connectivity index (χ4n) is 4.05. The maximum Gasteiger partial charge on any atom is 0.0963 e. The number of nitrogens with zero attached hydrogens (tertiary/aromatic N) is 2. The summed E-state index contributed by atoms with van der Waals surface area (Å²) >= 11 is 2.13. The molecule has 1 aliphatic heterocycles. The summed E-state index contributed by atoms with van der Waals surface area (Å²) in [5.41, 5.74) is 4.75. The largest absolute Gasteiger partial charge is 0.327 e. The number of aromatic nitrogens is 2. The van der Waals surface area contributed by atoms with Gasteiger partial charge in [-0.3, -0.25) is 0 Å². The molecule has 2 unspecified atom stereocenters. The van der Waals surface area contributed by atoms with Crippen molar-refractivity contribution >= 4 is 11.8 Å². The van der Waals surface area contributed by atoms with Crippen LogP contribution in [0.5, 0.6) is 0 Å². The monoisotopic (exact) mass is 391 g/mol. The maximum atomic E-state index is 4.87. The van der Waals surface area contributed by atoms with Gasteiger partial charge in [0.25, 0.3) is 0 Å². The lowest BCUT2D eigenvalue weighted by molar-refractivity contribution is 0.434. The Morgan fingerprint density at radius 3 is 2.43 bits per heavy atom. The highest BCUT2D eigenvalue weighted by Gasteiger charge is 2.21. The highest BCUT2D eigenvalue weighted by atomic mass is 32.2. The second kappa shape index (κ2) is 9.44. The van der Waals surface area contributed by atoms with Crippen molar-refractivity contribution in [3.8, 4) is 22.5 Å². The van der Waals surface area contributed by atoms with Crippen LogP contribution in [0.15, 0.2) is 67.0 Å². The molecule has 1 aromatic heterocycles. The van der Waals surface area contributed by atoms with Crippen LogP contribution in [0.25, 0.3) is 22.5 Å². The quantitative estimate of drug-likeness (QED) is 0.564. The Balaban J connectivity index is 1.66. The van der Waals surface area contributed by atoms with E-state index in [1.807, 2.05) is 0 Å². The van der Waals surface area contributed by atoms with Gasteiger partial charge in [0, 0.05) is 41.3 Å². The molecular weight excluding hydrogens is 362 g/mol. The van der Waals surface area contributed by atoms with Gasteiger partial charge in [-0.05, 0) is 19.3 Å². The molecule has 0 amide bonds. The van der Waals surface area contributed by atoms with Gasteiger partial charge in [0.15, 0.2) is 0 Å². The molecular formula is C24H29N3S. The number of hydrogen-bond donors (Lipinski definition) is 1. The lowest BCUT2D eigenvalue weighted by Gasteiger charge is -2.26. The number of imidazole rings is 1. The topological polar surface area (TPSA) is 29.9 Å². The molecule has 1 fully saturated rings. The van der Waals surface area contributed by atoms with Crippen LogP contribution < -0.4 is 5.32 Å². The van der Waals surface area contributed by atoms with Crippen molar-refractivity contribution in [1.82, 2.24) is 14.9 Å². The first kappa shape index (κ1) is 19.3. The predicted octanol–water partition coefficient (Wildman–Crippen LogP) is 5.65. The summed E-state index contributed by atoms with van der Waals surface area (Å²) in [5, 5.41) is 4.28. The summed E-state index contributed by atoms with van der Waals surface area (Å²) in [6.45, 7) is 4.60. The molecule has 1 saturated heterocycles. The Bertz CT molecular complexity index is 854. The van der Waals surface area contributed by atoms with Crippen LogP contribution in [0.3, 0.4) is 0 Å². The van der Waals surface area contributed by atoms with Crippen LogP contribution in [-0.2, 0) is 0 Å². The van der Waals surface area contributed by atoms with E-state index in [9.17, 15) is 0 Å². The zero-order valence-corrected chi connectivity index (χ0v) is 17.4. The molecule has 0 saturated carbocycles. The predicted molar refractivity (Wildman–Crippen MR) is 121 cm³/mol.